The van der Waals surface area contributed by atoms with Gasteiger partial charge in [-0.1, -0.05) is 40.2 Å². The number of aliphatic hydroxyl groups is 1. The fourth-order valence-electron chi connectivity index (χ4n) is 1.78. The topological polar surface area (TPSA) is 20.2 Å². The Morgan fingerprint density at radius 1 is 1.18 bits per heavy atom. The highest BCUT2D eigenvalue weighted by Crippen LogP contribution is 2.19. The van der Waals surface area contributed by atoms with Crippen molar-refractivity contribution in [1.82, 2.24) is 0 Å². The first-order valence-corrected chi connectivity index (χ1v) is 7.37. The number of thiophene rings is 1. The van der Waals surface area contributed by atoms with Gasteiger partial charge in [-0.15, -0.1) is 11.3 Å². The van der Waals surface area contributed by atoms with Gasteiger partial charge in [0, 0.05) is 9.35 Å². The Labute approximate surface area is 114 Å². The molecule has 2 rings (SSSR count). The molecule has 3 heteroatoms. The Morgan fingerprint density at radius 2 is 2.00 bits per heavy atom. The first-order valence-electron chi connectivity index (χ1n) is 5.69. The first kappa shape index (κ1) is 12.8. The van der Waals surface area contributed by atoms with Crippen LogP contribution in [-0.2, 0) is 12.8 Å². The summed E-state index contributed by atoms with van der Waals surface area (Å²) in [5, 5.41) is 12.1. The highest BCUT2D eigenvalue weighted by atomic mass is 79.9. The first-order chi connectivity index (χ1) is 8.25. The lowest BCUT2D eigenvalue weighted by Crippen LogP contribution is -2.11. The average Bonchev–Trinajstić information content (AvgIpc) is 2.82. The molecule has 1 aromatic heterocycles. The van der Waals surface area contributed by atoms with Crippen molar-refractivity contribution in [3.63, 3.8) is 0 Å². The fourth-order valence-corrected chi connectivity index (χ4v) is 2.95. The normalized spacial score (nSPS) is 12.6. The van der Waals surface area contributed by atoms with Crippen LogP contribution in [0.3, 0.4) is 0 Å². The molecule has 1 nitrogen and oxygen atoms in total. The van der Waals surface area contributed by atoms with Crippen LogP contribution >= 0.6 is 27.3 Å². The monoisotopic (exact) mass is 310 g/mol. The maximum absolute atomic E-state index is 10.0. The summed E-state index contributed by atoms with van der Waals surface area (Å²) in [5.74, 6) is 0. The van der Waals surface area contributed by atoms with Crippen molar-refractivity contribution in [2.75, 3.05) is 0 Å². The van der Waals surface area contributed by atoms with Crippen molar-refractivity contribution in [2.24, 2.45) is 0 Å². The van der Waals surface area contributed by atoms with Gasteiger partial charge in [-0.2, -0.15) is 0 Å². The molecule has 17 heavy (non-hydrogen) atoms. The Kier molecular flexibility index (Phi) is 4.77. The lowest BCUT2D eigenvalue weighted by Gasteiger charge is -2.11. The quantitative estimate of drug-likeness (QED) is 0.883. The standard InChI is InChI=1S/C14H15BrOS/c15-14-6-2-1-4-11(14)10-12(16)7-8-13-5-3-9-17-13/h1-6,9,12,16H,7-8,10H2. The van der Waals surface area contributed by atoms with Crippen molar-refractivity contribution < 1.29 is 5.11 Å². The van der Waals surface area contributed by atoms with Crippen LogP contribution in [0.2, 0.25) is 0 Å². The number of aryl methyl sites for hydroxylation is 1. The molecule has 0 aliphatic heterocycles. The van der Waals surface area contributed by atoms with Gasteiger partial charge in [-0.05, 0) is 42.3 Å². The summed E-state index contributed by atoms with van der Waals surface area (Å²) in [6.07, 6.45) is 2.23. The third-order valence-corrected chi connectivity index (χ3v) is 4.43. The second-order valence-corrected chi connectivity index (χ2v) is 5.95. The lowest BCUT2D eigenvalue weighted by molar-refractivity contribution is 0.165. The van der Waals surface area contributed by atoms with Gasteiger partial charge in [-0.25, -0.2) is 0 Å². The Hall–Kier alpha value is -0.640. The second kappa shape index (κ2) is 6.34. The summed E-state index contributed by atoms with van der Waals surface area (Å²) in [6.45, 7) is 0. The van der Waals surface area contributed by atoms with Crippen LogP contribution in [0.25, 0.3) is 0 Å². The summed E-state index contributed by atoms with van der Waals surface area (Å²) >= 11 is 5.26. The van der Waals surface area contributed by atoms with Crippen LogP contribution in [0.5, 0.6) is 0 Å². The molecule has 0 radical (unpaired) electrons. The van der Waals surface area contributed by atoms with Gasteiger partial charge in [0.1, 0.15) is 0 Å². The number of hydrogen-bond acceptors (Lipinski definition) is 2. The van der Waals surface area contributed by atoms with Crippen LogP contribution in [0.1, 0.15) is 16.9 Å². The molecule has 1 unspecified atom stereocenters. The smallest absolute Gasteiger partial charge is 0.0584 e. The van der Waals surface area contributed by atoms with E-state index in [0.717, 1.165) is 17.3 Å². The fraction of sp³-hybridized carbons (Fsp3) is 0.286. The van der Waals surface area contributed by atoms with E-state index in [1.165, 1.54) is 10.4 Å². The third kappa shape index (κ3) is 3.95. The van der Waals surface area contributed by atoms with E-state index in [9.17, 15) is 5.11 Å². The highest BCUT2D eigenvalue weighted by Gasteiger charge is 2.08. The maximum atomic E-state index is 10.0. The zero-order chi connectivity index (χ0) is 12.1. The minimum Gasteiger partial charge on any atom is -0.393 e. The van der Waals surface area contributed by atoms with E-state index in [2.05, 4.69) is 39.5 Å². The van der Waals surface area contributed by atoms with Gasteiger partial charge in [0.15, 0.2) is 0 Å². The molecule has 1 heterocycles. The number of aliphatic hydroxyl groups excluding tert-OH is 1. The summed E-state index contributed by atoms with van der Waals surface area (Å²) in [7, 11) is 0. The Bertz CT molecular complexity index is 453. The van der Waals surface area contributed by atoms with Crippen molar-refractivity contribution in [3.8, 4) is 0 Å². The highest BCUT2D eigenvalue weighted by molar-refractivity contribution is 9.10. The number of rotatable bonds is 5. The van der Waals surface area contributed by atoms with E-state index in [4.69, 9.17) is 0 Å². The zero-order valence-corrected chi connectivity index (χ0v) is 11.9. The van der Waals surface area contributed by atoms with E-state index < -0.39 is 0 Å². The van der Waals surface area contributed by atoms with Gasteiger partial charge in [0.2, 0.25) is 0 Å². The summed E-state index contributed by atoms with van der Waals surface area (Å²) in [4.78, 5) is 1.34. The molecule has 0 saturated heterocycles. The predicted molar refractivity (Wildman–Crippen MR) is 76.5 cm³/mol. The van der Waals surface area contributed by atoms with Gasteiger partial charge in [0.25, 0.3) is 0 Å². The van der Waals surface area contributed by atoms with E-state index in [1.54, 1.807) is 11.3 Å². The molecule has 0 amide bonds. The van der Waals surface area contributed by atoms with E-state index in [-0.39, 0.29) is 6.10 Å². The molecule has 1 atom stereocenters. The van der Waals surface area contributed by atoms with Crippen LogP contribution in [0.15, 0.2) is 46.3 Å². The molecule has 2 aromatic rings. The van der Waals surface area contributed by atoms with E-state index in [1.807, 2.05) is 18.2 Å². The van der Waals surface area contributed by atoms with Crippen LogP contribution < -0.4 is 0 Å². The number of hydrogen-bond donors (Lipinski definition) is 1. The third-order valence-electron chi connectivity index (χ3n) is 2.72. The summed E-state index contributed by atoms with van der Waals surface area (Å²) < 4.78 is 1.08. The van der Waals surface area contributed by atoms with Crippen molar-refractivity contribution in [1.29, 1.82) is 0 Å². The Morgan fingerprint density at radius 3 is 2.71 bits per heavy atom. The molecule has 0 fully saturated rings. The van der Waals surface area contributed by atoms with Crippen LogP contribution in [-0.4, -0.2) is 11.2 Å². The molecule has 0 saturated carbocycles. The lowest BCUT2D eigenvalue weighted by atomic mass is 10.0. The maximum Gasteiger partial charge on any atom is 0.0584 e. The summed E-state index contributed by atoms with van der Waals surface area (Å²) in [6, 6.07) is 12.2. The van der Waals surface area contributed by atoms with E-state index in [0.29, 0.717) is 6.42 Å². The average molecular weight is 311 g/mol. The minimum atomic E-state index is -0.268. The predicted octanol–water partition coefficient (Wildman–Crippen LogP) is 4.05. The number of halogens is 1. The molecule has 0 aliphatic rings. The van der Waals surface area contributed by atoms with Gasteiger partial charge < -0.3 is 5.11 Å². The molecule has 0 aliphatic carbocycles. The minimum absolute atomic E-state index is 0.268. The zero-order valence-electron chi connectivity index (χ0n) is 9.47. The second-order valence-electron chi connectivity index (χ2n) is 4.07. The largest absolute Gasteiger partial charge is 0.393 e. The summed E-state index contributed by atoms with van der Waals surface area (Å²) in [5.41, 5.74) is 1.17. The molecular formula is C14H15BrOS. The molecule has 1 aromatic carbocycles. The van der Waals surface area contributed by atoms with E-state index >= 15 is 0 Å². The SMILES string of the molecule is OC(CCc1cccs1)Cc1ccccc1Br. The van der Waals surface area contributed by atoms with Gasteiger partial charge in [-0.3, -0.25) is 0 Å². The molecular weight excluding hydrogens is 296 g/mol. The van der Waals surface area contributed by atoms with Gasteiger partial charge >= 0.3 is 0 Å². The van der Waals surface area contributed by atoms with Gasteiger partial charge in [0.05, 0.1) is 6.10 Å². The van der Waals surface area contributed by atoms with Crippen molar-refractivity contribution in [2.45, 2.75) is 25.4 Å². The molecule has 0 spiro atoms. The molecule has 90 valence electrons. The van der Waals surface area contributed by atoms with Crippen molar-refractivity contribution >= 4 is 27.3 Å². The number of benzene rings is 1. The van der Waals surface area contributed by atoms with Crippen molar-refractivity contribution in [3.05, 3.63) is 56.7 Å². The Balaban J connectivity index is 1.85. The molecule has 0 bridgehead atoms. The van der Waals surface area contributed by atoms with Crippen LogP contribution in [0.4, 0.5) is 0 Å². The molecule has 1 N–H and O–H groups in total. The van der Waals surface area contributed by atoms with Crippen LogP contribution in [0, 0.1) is 0 Å².